The molecule has 0 aliphatic carbocycles. The van der Waals surface area contributed by atoms with Gasteiger partial charge in [-0.05, 0) is 75.3 Å². The third kappa shape index (κ3) is 5.37. The smallest absolute Gasteiger partial charge is 0.251 e. The monoisotopic (exact) mass is 527 g/mol. The van der Waals surface area contributed by atoms with E-state index >= 15 is 0 Å². The predicted octanol–water partition coefficient (Wildman–Crippen LogP) is 3.76. The first kappa shape index (κ1) is 25.1. The minimum Gasteiger partial charge on any atom is -0.493 e. The van der Waals surface area contributed by atoms with Crippen molar-refractivity contribution in [2.45, 2.75) is 19.3 Å². The van der Waals surface area contributed by atoms with E-state index in [1.165, 1.54) is 0 Å². The highest BCUT2D eigenvalue weighted by Gasteiger charge is 2.19. The number of benzene rings is 1. The second-order valence-corrected chi connectivity index (χ2v) is 10.3. The Bertz CT molecular complexity index is 1510. The van der Waals surface area contributed by atoms with Crippen LogP contribution in [0.25, 0.3) is 34.3 Å². The van der Waals surface area contributed by atoms with Crippen molar-refractivity contribution in [2.75, 3.05) is 39.9 Å². The number of nitrogens with zero attached hydrogens (tertiary/aromatic N) is 5. The maximum atomic E-state index is 13.0. The second kappa shape index (κ2) is 10.9. The lowest BCUT2D eigenvalue weighted by molar-refractivity contribution is 0.0939. The number of rotatable bonds is 3. The van der Waals surface area contributed by atoms with Crippen molar-refractivity contribution in [3.05, 3.63) is 53.5 Å². The fourth-order valence-electron chi connectivity index (χ4n) is 5.12. The lowest BCUT2D eigenvalue weighted by Crippen LogP contribution is -2.36. The molecule has 3 aromatic heterocycles. The number of piperidine rings is 1. The maximum absolute atomic E-state index is 13.0. The van der Waals surface area contributed by atoms with Gasteiger partial charge >= 0.3 is 0 Å². The van der Waals surface area contributed by atoms with Gasteiger partial charge in [-0.15, -0.1) is 0 Å². The van der Waals surface area contributed by atoms with Gasteiger partial charge in [-0.1, -0.05) is 0 Å². The Morgan fingerprint density at radius 3 is 2.82 bits per heavy atom. The van der Waals surface area contributed by atoms with Gasteiger partial charge in [0.05, 0.1) is 48.1 Å². The van der Waals surface area contributed by atoms with E-state index in [9.17, 15) is 4.79 Å². The van der Waals surface area contributed by atoms with E-state index < -0.39 is 0 Å². The standard InChI is InChI=1S/C29H33N7O3/c1-35-10-8-19(9-11-35)16-31-28(37)21-5-7-27-20(14-21)4-6-24-22-15-25(30-18-26(22)34-33-24)23-17-32-36(2)29(23)39-13-3-12-38-27/h4-7,14-15,17-19H,3,8-13,16H2,1-2H3,(H,31,37)(H,33,34)/b6-4+. The summed E-state index contributed by atoms with van der Waals surface area (Å²) < 4.78 is 13.9. The number of aromatic amines is 1. The van der Waals surface area contributed by atoms with Gasteiger partial charge in [0.15, 0.2) is 0 Å². The number of H-pyrrole nitrogens is 1. The largest absolute Gasteiger partial charge is 0.493 e. The van der Waals surface area contributed by atoms with E-state index in [1.807, 2.05) is 43.5 Å². The Kier molecular flexibility index (Phi) is 7.02. The normalized spacial score (nSPS) is 17.4. The maximum Gasteiger partial charge on any atom is 0.251 e. The van der Waals surface area contributed by atoms with Crippen molar-refractivity contribution < 1.29 is 14.3 Å². The van der Waals surface area contributed by atoms with Crippen molar-refractivity contribution >= 4 is 29.0 Å². The van der Waals surface area contributed by atoms with E-state index in [0.717, 1.165) is 59.3 Å². The van der Waals surface area contributed by atoms with E-state index in [1.54, 1.807) is 17.1 Å². The number of aryl methyl sites for hydroxylation is 1. The molecule has 10 heteroatoms. The van der Waals surface area contributed by atoms with Crippen LogP contribution in [0.5, 0.6) is 11.6 Å². The predicted molar refractivity (Wildman–Crippen MR) is 150 cm³/mol. The molecule has 6 rings (SSSR count). The van der Waals surface area contributed by atoms with Crippen LogP contribution in [0, 0.1) is 5.92 Å². The Hall–Kier alpha value is -4.18. The molecule has 0 spiro atoms. The van der Waals surface area contributed by atoms with Crippen LogP contribution in [-0.4, -0.2) is 75.7 Å². The summed E-state index contributed by atoms with van der Waals surface area (Å²) in [6, 6.07) is 7.57. The van der Waals surface area contributed by atoms with Gasteiger partial charge < -0.3 is 19.7 Å². The lowest BCUT2D eigenvalue weighted by atomic mass is 9.97. The first-order valence-corrected chi connectivity index (χ1v) is 13.5. The highest BCUT2D eigenvalue weighted by atomic mass is 16.5. The van der Waals surface area contributed by atoms with Gasteiger partial charge in [0.25, 0.3) is 5.91 Å². The molecule has 39 heavy (non-hydrogen) atoms. The molecule has 202 valence electrons. The number of carbonyl (C=O) groups excluding carboxylic acids is 1. The molecule has 5 heterocycles. The van der Waals surface area contributed by atoms with Gasteiger partial charge in [-0.2, -0.15) is 10.2 Å². The van der Waals surface area contributed by atoms with E-state index in [4.69, 9.17) is 9.47 Å². The number of aromatic nitrogens is 5. The molecular formula is C29H33N7O3. The molecule has 0 unspecified atom stereocenters. The summed E-state index contributed by atoms with van der Waals surface area (Å²) in [4.78, 5) is 20.0. The van der Waals surface area contributed by atoms with Crippen molar-refractivity contribution in [2.24, 2.45) is 13.0 Å². The summed E-state index contributed by atoms with van der Waals surface area (Å²) in [5.41, 5.74) is 4.60. The molecule has 0 atom stereocenters. The fourth-order valence-corrected chi connectivity index (χ4v) is 5.12. The van der Waals surface area contributed by atoms with Gasteiger partial charge in [0.2, 0.25) is 5.88 Å². The number of hydrogen-bond donors (Lipinski definition) is 2. The Balaban J connectivity index is 1.29. The third-order valence-electron chi connectivity index (χ3n) is 7.50. The number of hydrogen-bond acceptors (Lipinski definition) is 7. The number of pyridine rings is 1. The average Bonchev–Trinajstić information content (AvgIpc) is 3.53. The number of nitrogens with one attached hydrogen (secondary N) is 2. The molecule has 2 aliphatic heterocycles. The van der Waals surface area contributed by atoms with Gasteiger partial charge in [0, 0.05) is 36.5 Å². The highest BCUT2D eigenvalue weighted by molar-refractivity contribution is 5.96. The van der Waals surface area contributed by atoms with Crippen LogP contribution in [0.4, 0.5) is 0 Å². The Morgan fingerprint density at radius 1 is 1.10 bits per heavy atom. The molecular weight excluding hydrogens is 494 g/mol. The number of amides is 1. The zero-order chi connectivity index (χ0) is 26.8. The molecule has 4 aromatic rings. The van der Waals surface area contributed by atoms with Crippen LogP contribution in [0.3, 0.4) is 0 Å². The number of carbonyl (C=O) groups is 1. The molecule has 1 fully saturated rings. The summed E-state index contributed by atoms with van der Waals surface area (Å²) >= 11 is 0. The molecule has 1 amide bonds. The number of likely N-dealkylation sites (tertiary alicyclic amines) is 1. The summed E-state index contributed by atoms with van der Waals surface area (Å²) in [7, 11) is 4.00. The van der Waals surface area contributed by atoms with Crippen molar-refractivity contribution in [3.63, 3.8) is 0 Å². The molecule has 2 N–H and O–H groups in total. The van der Waals surface area contributed by atoms with Crippen molar-refractivity contribution in [1.82, 2.24) is 35.2 Å². The van der Waals surface area contributed by atoms with Crippen LogP contribution < -0.4 is 14.8 Å². The molecule has 10 nitrogen and oxygen atoms in total. The third-order valence-corrected chi connectivity index (χ3v) is 7.50. The minimum absolute atomic E-state index is 0.0678. The lowest BCUT2D eigenvalue weighted by Gasteiger charge is -2.28. The fraction of sp³-hybridized carbons (Fsp3) is 0.379. The minimum atomic E-state index is -0.0678. The molecule has 2 bridgehead atoms. The number of ether oxygens (including phenoxy) is 2. The van der Waals surface area contributed by atoms with E-state index in [0.29, 0.717) is 49.3 Å². The molecule has 2 aliphatic rings. The van der Waals surface area contributed by atoms with Gasteiger partial charge in [-0.3, -0.25) is 14.9 Å². The molecule has 0 radical (unpaired) electrons. The summed E-state index contributed by atoms with van der Waals surface area (Å²) in [5.74, 6) is 1.82. The molecule has 0 saturated carbocycles. The first-order chi connectivity index (χ1) is 19.0. The zero-order valence-electron chi connectivity index (χ0n) is 22.3. The van der Waals surface area contributed by atoms with E-state index in [-0.39, 0.29) is 5.91 Å². The van der Waals surface area contributed by atoms with Crippen LogP contribution in [0.15, 0.2) is 36.7 Å². The quantitative estimate of drug-likeness (QED) is 0.417. The van der Waals surface area contributed by atoms with Crippen LogP contribution in [0.1, 0.15) is 40.9 Å². The average molecular weight is 528 g/mol. The Labute approximate surface area is 227 Å². The first-order valence-electron chi connectivity index (χ1n) is 13.5. The second-order valence-electron chi connectivity index (χ2n) is 10.3. The van der Waals surface area contributed by atoms with Gasteiger partial charge in [0.1, 0.15) is 5.75 Å². The van der Waals surface area contributed by atoms with Gasteiger partial charge in [-0.25, -0.2) is 4.68 Å². The zero-order valence-corrected chi connectivity index (χ0v) is 22.3. The van der Waals surface area contributed by atoms with Crippen LogP contribution in [-0.2, 0) is 7.05 Å². The van der Waals surface area contributed by atoms with Crippen LogP contribution >= 0.6 is 0 Å². The summed E-state index contributed by atoms with van der Waals surface area (Å²) in [6.07, 6.45) is 10.3. The summed E-state index contributed by atoms with van der Waals surface area (Å²) in [6.45, 7) is 3.79. The number of fused-ring (bicyclic) bond motifs is 4. The molecule has 1 saturated heterocycles. The van der Waals surface area contributed by atoms with Crippen molar-refractivity contribution in [1.29, 1.82) is 0 Å². The topological polar surface area (TPSA) is 110 Å². The van der Waals surface area contributed by atoms with Crippen LogP contribution in [0.2, 0.25) is 0 Å². The SMILES string of the molecule is CN1CCC(CNC(=O)c2ccc3c(c2)/C=C/c2n[nH]c4cnc(cc24)-c2cnn(C)c2OCCCO3)CC1. The molecule has 1 aromatic carbocycles. The van der Waals surface area contributed by atoms with Crippen molar-refractivity contribution in [3.8, 4) is 22.9 Å². The Morgan fingerprint density at radius 2 is 1.95 bits per heavy atom. The van der Waals surface area contributed by atoms with E-state index in [2.05, 4.69) is 37.5 Å². The highest BCUT2D eigenvalue weighted by Crippen LogP contribution is 2.31. The summed E-state index contributed by atoms with van der Waals surface area (Å²) in [5, 5.41) is 16.0.